The molecule has 0 bridgehead atoms. The van der Waals surface area contributed by atoms with E-state index in [9.17, 15) is 4.79 Å². The van der Waals surface area contributed by atoms with Gasteiger partial charge in [-0.2, -0.15) is 0 Å². The van der Waals surface area contributed by atoms with Crippen molar-refractivity contribution in [1.29, 1.82) is 0 Å². The number of hydrogen-bond acceptors (Lipinski definition) is 4. The third-order valence-corrected chi connectivity index (χ3v) is 9.75. The zero-order chi connectivity index (χ0) is 33.7. The van der Waals surface area contributed by atoms with Gasteiger partial charge in [-0.1, -0.05) is 83.5 Å². The van der Waals surface area contributed by atoms with Crippen molar-refractivity contribution >= 4 is 17.3 Å². The largest absolute Gasteiger partial charge is 0.463 e. The summed E-state index contributed by atoms with van der Waals surface area (Å²) >= 11 is 0. The summed E-state index contributed by atoms with van der Waals surface area (Å²) in [5.74, 6) is 0.0296. The normalized spacial score (nSPS) is 14.1. The van der Waals surface area contributed by atoms with Crippen LogP contribution in [0.1, 0.15) is 108 Å². The first-order valence-electron chi connectivity index (χ1n) is 16.8. The molecule has 4 nitrogen and oxygen atoms in total. The fourth-order valence-corrected chi connectivity index (χ4v) is 6.63. The molecule has 0 spiro atoms. The second kappa shape index (κ2) is 14.4. The van der Waals surface area contributed by atoms with E-state index < -0.39 is 5.41 Å². The molecule has 0 aliphatic carbocycles. The van der Waals surface area contributed by atoms with Gasteiger partial charge in [-0.25, -0.2) is 0 Å². The maximum absolute atomic E-state index is 13.4. The predicted octanol–water partition coefficient (Wildman–Crippen LogP) is 10.1. The van der Waals surface area contributed by atoms with E-state index in [1.54, 1.807) is 0 Å². The van der Waals surface area contributed by atoms with E-state index in [0.29, 0.717) is 13.2 Å². The van der Waals surface area contributed by atoms with Gasteiger partial charge in [0, 0.05) is 37.4 Å². The summed E-state index contributed by atoms with van der Waals surface area (Å²) in [7, 11) is 2.07. The molecule has 246 valence electrons. The van der Waals surface area contributed by atoms with Crippen LogP contribution in [0.25, 0.3) is 0 Å². The standard InChI is InChI=1S/C41H60N2O2/c1-14-43(15-2)34-21-23-36(31(5)27-34)37(35-22-16-29(3)26-30(35)4)32-17-19-33(20-18-32)42(13)24-25-45-38(44)41(12,40(9,10)11)28-39(6,7)8/h16-23,26-27,37H,14-15,24-25,28H2,1-13H3. The van der Waals surface area contributed by atoms with Crippen molar-refractivity contribution in [2.75, 3.05) is 43.1 Å². The van der Waals surface area contributed by atoms with E-state index in [1.165, 1.54) is 39.1 Å². The highest BCUT2D eigenvalue weighted by Gasteiger charge is 2.47. The molecular formula is C41H60N2O2. The maximum atomic E-state index is 13.4. The minimum absolute atomic E-state index is 0.0283. The van der Waals surface area contributed by atoms with Crippen LogP contribution in [0.2, 0.25) is 0 Å². The summed E-state index contributed by atoms with van der Waals surface area (Å²) in [5.41, 5.74) is 9.50. The van der Waals surface area contributed by atoms with Crippen LogP contribution in [0.4, 0.5) is 11.4 Å². The first-order chi connectivity index (χ1) is 20.9. The van der Waals surface area contributed by atoms with E-state index in [-0.39, 0.29) is 22.7 Å². The van der Waals surface area contributed by atoms with Crippen LogP contribution < -0.4 is 9.80 Å². The average Bonchev–Trinajstić information content (AvgIpc) is 2.94. The summed E-state index contributed by atoms with van der Waals surface area (Å²) in [6.45, 7) is 29.1. The van der Waals surface area contributed by atoms with Crippen molar-refractivity contribution in [2.24, 2.45) is 16.2 Å². The Hall–Kier alpha value is -3.27. The highest BCUT2D eigenvalue weighted by atomic mass is 16.5. The number of esters is 1. The molecule has 3 aromatic carbocycles. The van der Waals surface area contributed by atoms with Crippen LogP contribution in [-0.2, 0) is 9.53 Å². The Morgan fingerprint density at radius 3 is 1.78 bits per heavy atom. The predicted molar refractivity (Wildman–Crippen MR) is 194 cm³/mol. The van der Waals surface area contributed by atoms with Crippen molar-refractivity contribution in [1.82, 2.24) is 0 Å². The third kappa shape index (κ3) is 8.71. The van der Waals surface area contributed by atoms with Crippen molar-refractivity contribution in [3.63, 3.8) is 0 Å². The average molecular weight is 613 g/mol. The van der Waals surface area contributed by atoms with Crippen LogP contribution in [0.15, 0.2) is 60.7 Å². The second-order valence-electron chi connectivity index (χ2n) is 15.5. The SMILES string of the molecule is CCN(CC)c1ccc(C(c2ccc(N(C)CCOC(=O)C(C)(CC(C)(C)C)C(C)(C)C)cc2)c2ccc(C)cc2C)c(C)c1. The van der Waals surface area contributed by atoms with Gasteiger partial charge in [-0.3, -0.25) is 4.79 Å². The molecule has 0 aromatic heterocycles. The number of carbonyl (C=O) groups is 1. The number of ether oxygens (including phenoxy) is 1. The van der Waals surface area contributed by atoms with Gasteiger partial charge in [0.05, 0.1) is 12.0 Å². The van der Waals surface area contributed by atoms with Crippen LogP contribution >= 0.6 is 0 Å². The number of hydrogen-bond donors (Lipinski definition) is 0. The molecule has 0 fully saturated rings. The molecule has 0 saturated carbocycles. The van der Waals surface area contributed by atoms with Crippen molar-refractivity contribution in [3.8, 4) is 0 Å². The molecule has 0 heterocycles. The number of nitrogens with zero attached hydrogens (tertiary/aromatic N) is 2. The highest BCUT2D eigenvalue weighted by Crippen LogP contribution is 2.47. The van der Waals surface area contributed by atoms with Crippen LogP contribution in [0.3, 0.4) is 0 Å². The maximum Gasteiger partial charge on any atom is 0.312 e. The third-order valence-electron chi connectivity index (χ3n) is 9.75. The van der Waals surface area contributed by atoms with Gasteiger partial charge in [-0.05, 0) is 111 Å². The molecule has 0 radical (unpaired) electrons. The lowest BCUT2D eigenvalue weighted by atomic mass is 9.61. The van der Waals surface area contributed by atoms with Crippen LogP contribution in [0.5, 0.6) is 0 Å². The molecule has 4 heteroatoms. The second-order valence-corrected chi connectivity index (χ2v) is 15.5. The zero-order valence-electron chi connectivity index (χ0n) is 30.6. The molecular weight excluding hydrogens is 552 g/mol. The fourth-order valence-electron chi connectivity index (χ4n) is 6.63. The lowest BCUT2D eigenvalue weighted by Crippen LogP contribution is -2.44. The molecule has 2 atom stereocenters. The summed E-state index contributed by atoms with van der Waals surface area (Å²) < 4.78 is 5.94. The number of rotatable bonds is 12. The van der Waals surface area contributed by atoms with E-state index in [0.717, 1.165) is 25.2 Å². The number of likely N-dealkylation sites (N-methyl/N-ethyl adjacent to an activating group) is 1. The Labute approximate surface area is 275 Å². The van der Waals surface area contributed by atoms with Crippen molar-refractivity contribution in [3.05, 3.63) is 94.0 Å². The van der Waals surface area contributed by atoms with Gasteiger partial charge in [0.15, 0.2) is 0 Å². The molecule has 45 heavy (non-hydrogen) atoms. The molecule has 3 rings (SSSR count). The molecule has 0 saturated heterocycles. The smallest absolute Gasteiger partial charge is 0.312 e. The number of carbonyl (C=O) groups excluding carboxylic acids is 1. The minimum atomic E-state index is -0.559. The highest BCUT2D eigenvalue weighted by molar-refractivity contribution is 5.77. The summed E-state index contributed by atoms with van der Waals surface area (Å²) in [5, 5.41) is 0. The zero-order valence-corrected chi connectivity index (χ0v) is 30.6. The molecule has 0 aliphatic rings. The van der Waals surface area contributed by atoms with Gasteiger partial charge in [0.2, 0.25) is 0 Å². The number of benzene rings is 3. The van der Waals surface area contributed by atoms with E-state index in [2.05, 4.69) is 161 Å². The fraction of sp³-hybridized carbons (Fsp3) is 0.537. The summed E-state index contributed by atoms with van der Waals surface area (Å²) in [6.07, 6.45) is 0.777. The van der Waals surface area contributed by atoms with E-state index >= 15 is 0 Å². The Morgan fingerprint density at radius 2 is 1.29 bits per heavy atom. The Morgan fingerprint density at radius 1 is 0.756 bits per heavy atom. The lowest BCUT2D eigenvalue weighted by Gasteiger charge is -2.43. The molecule has 0 amide bonds. The first kappa shape index (κ1) is 36.2. The van der Waals surface area contributed by atoms with Crippen molar-refractivity contribution < 1.29 is 9.53 Å². The monoisotopic (exact) mass is 612 g/mol. The van der Waals surface area contributed by atoms with Gasteiger partial charge < -0.3 is 14.5 Å². The van der Waals surface area contributed by atoms with Gasteiger partial charge in [0.25, 0.3) is 0 Å². The summed E-state index contributed by atoms with van der Waals surface area (Å²) in [4.78, 5) is 18.0. The van der Waals surface area contributed by atoms with Crippen molar-refractivity contribution in [2.45, 2.75) is 95.4 Å². The van der Waals surface area contributed by atoms with Crippen LogP contribution in [0, 0.1) is 37.0 Å². The Bertz CT molecular complexity index is 1420. The molecule has 0 aliphatic heterocycles. The molecule has 3 aromatic rings. The van der Waals surface area contributed by atoms with Crippen LogP contribution in [-0.4, -0.2) is 39.3 Å². The minimum Gasteiger partial charge on any atom is -0.463 e. The molecule has 0 N–H and O–H groups in total. The van der Waals surface area contributed by atoms with Gasteiger partial charge in [0.1, 0.15) is 6.61 Å². The van der Waals surface area contributed by atoms with E-state index in [4.69, 9.17) is 4.74 Å². The summed E-state index contributed by atoms with van der Waals surface area (Å²) in [6, 6.07) is 22.7. The Balaban J connectivity index is 1.84. The quantitative estimate of drug-likeness (QED) is 0.151. The Kier molecular flexibility index (Phi) is 11.6. The lowest BCUT2D eigenvalue weighted by molar-refractivity contribution is -0.164. The number of anilines is 2. The first-order valence-corrected chi connectivity index (χ1v) is 16.8. The molecule has 2 unspecified atom stereocenters. The van der Waals surface area contributed by atoms with Gasteiger partial charge in [-0.15, -0.1) is 0 Å². The number of aryl methyl sites for hydroxylation is 3. The van der Waals surface area contributed by atoms with E-state index in [1.807, 2.05) is 0 Å². The topological polar surface area (TPSA) is 32.8 Å². The van der Waals surface area contributed by atoms with Gasteiger partial charge >= 0.3 is 5.97 Å².